The van der Waals surface area contributed by atoms with Crippen LogP contribution in [0.3, 0.4) is 0 Å². The molecule has 8 heteroatoms. The first-order chi connectivity index (χ1) is 9.90. The van der Waals surface area contributed by atoms with Gasteiger partial charge in [0.05, 0.1) is 5.75 Å². The third-order valence-electron chi connectivity index (χ3n) is 3.41. The van der Waals surface area contributed by atoms with Crippen molar-refractivity contribution < 1.29 is 8.42 Å². The standard InChI is InChI=1S/C13H19N5O2S/c1-10-6-4-5-7-12(10)9-21(19,20)18(3)8-11(2)13-14-16-17-15-13/h4-7,11H,8-9H2,1-3H3,(H,14,15,16,17)/t11-/m0/s1. The number of likely N-dealkylation sites (N-methyl/N-ethyl adjacent to an activating group) is 1. The number of sulfonamides is 1. The lowest BCUT2D eigenvalue weighted by Gasteiger charge is -2.20. The van der Waals surface area contributed by atoms with Crippen molar-refractivity contribution in [1.29, 1.82) is 0 Å². The van der Waals surface area contributed by atoms with Crippen LogP contribution in [0.25, 0.3) is 0 Å². The van der Waals surface area contributed by atoms with Crippen molar-refractivity contribution in [2.45, 2.75) is 25.5 Å². The maximum absolute atomic E-state index is 12.4. The molecular formula is C13H19N5O2S. The van der Waals surface area contributed by atoms with E-state index in [1.165, 1.54) is 4.31 Å². The van der Waals surface area contributed by atoms with Gasteiger partial charge in [-0.25, -0.2) is 12.7 Å². The summed E-state index contributed by atoms with van der Waals surface area (Å²) in [5.74, 6) is 0.378. The maximum atomic E-state index is 12.4. The SMILES string of the molecule is Cc1ccccc1CS(=O)(=O)N(C)C[C@H](C)c1nn[nH]n1. The Hall–Kier alpha value is -1.80. The number of tetrazole rings is 1. The molecule has 0 saturated carbocycles. The van der Waals surface area contributed by atoms with E-state index in [0.717, 1.165) is 11.1 Å². The molecule has 2 aromatic rings. The second-order valence-corrected chi connectivity index (χ2v) is 7.21. The van der Waals surface area contributed by atoms with Gasteiger partial charge in [0.25, 0.3) is 0 Å². The second-order valence-electron chi connectivity index (χ2n) is 5.13. The van der Waals surface area contributed by atoms with Crippen molar-refractivity contribution in [2.24, 2.45) is 0 Å². The van der Waals surface area contributed by atoms with Crippen molar-refractivity contribution in [3.05, 3.63) is 41.2 Å². The number of aromatic amines is 1. The van der Waals surface area contributed by atoms with Crippen LogP contribution in [0.1, 0.15) is 29.8 Å². The van der Waals surface area contributed by atoms with Gasteiger partial charge >= 0.3 is 0 Å². The Morgan fingerprint density at radius 3 is 2.67 bits per heavy atom. The van der Waals surface area contributed by atoms with E-state index in [0.29, 0.717) is 12.4 Å². The average molecular weight is 309 g/mol. The van der Waals surface area contributed by atoms with Crippen LogP contribution >= 0.6 is 0 Å². The first-order valence-electron chi connectivity index (χ1n) is 6.62. The molecule has 1 heterocycles. The molecule has 0 aliphatic heterocycles. The third-order valence-corrected chi connectivity index (χ3v) is 5.18. The predicted molar refractivity (Wildman–Crippen MR) is 79.0 cm³/mol. The highest BCUT2D eigenvalue weighted by Gasteiger charge is 2.23. The van der Waals surface area contributed by atoms with Crippen molar-refractivity contribution in [1.82, 2.24) is 24.9 Å². The van der Waals surface area contributed by atoms with Gasteiger partial charge in [0.15, 0.2) is 5.82 Å². The number of H-pyrrole nitrogens is 1. The number of hydrogen-bond donors (Lipinski definition) is 1. The fourth-order valence-electron chi connectivity index (χ4n) is 2.04. The van der Waals surface area contributed by atoms with E-state index in [2.05, 4.69) is 20.6 Å². The highest BCUT2D eigenvalue weighted by atomic mass is 32.2. The number of nitrogens with one attached hydrogen (secondary N) is 1. The number of aromatic nitrogens is 4. The van der Waals surface area contributed by atoms with Crippen LogP contribution in [0, 0.1) is 6.92 Å². The van der Waals surface area contributed by atoms with E-state index in [1.807, 2.05) is 38.1 Å². The zero-order valence-electron chi connectivity index (χ0n) is 12.3. The molecule has 2 rings (SSSR count). The zero-order chi connectivity index (χ0) is 15.5. The van der Waals surface area contributed by atoms with E-state index < -0.39 is 10.0 Å². The Morgan fingerprint density at radius 2 is 2.05 bits per heavy atom. The third kappa shape index (κ3) is 3.85. The molecule has 0 radical (unpaired) electrons. The summed E-state index contributed by atoms with van der Waals surface area (Å²) < 4.78 is 26.2. The summed E-state index contributed by atoms with van der Waals surface area (Å²) in [5, 5.41) is 13.6. The lowest BCUT2D eigenvalue weighted by atomic mass is 10.1. The van der Waals surface area contributed by atoms with E-state index in [-0.39, 0.29) is 11.7 Å². The Balaban J connectivity index is 2.07. The molecule has 1 atom stereocenters. The van der Waals surface area contributed by atoms with Gasteiger partial charge in [-0.05, 0) is 18.1 Å². The lowest BCUT2D eigenvalue weighted by Crippen LogP contribution is -2.32. The van der Waals surface area contributed by atoms with Crippen LogP contribution < -0.4 is 0 Å². The van der Waals surface area contributed by atoms with E-state index in [1.54, 1.807) is 7.05 Å². The van der Waals surface area contributed by atoms with Crippen LogP contribution in [0.4, 0.5) is 0 Å². The second kappa shape index (κ2) is 6.31. The van der Waals surface area contributed by atoms with Gasteiger partial charge in [0.2, 0.25) is 10.0 Å². The van der Waals surface area contributed by atoms with Gasteiger partial charge in [0.1, 0.15) is 0 Å². The number of hydrogen-bond acceptors (Lipinski definition) is 5. The summed E-state index contributed by atoms with van der Waals surface area (Å²) in [6, 6.07) is 7.49. The molecule has 1 aromatic carbocycles. The fourth-order valence-corrected chi connectivity index (χ4v) is 3.43. The number of aryl methyl sites for hydroxylation is 1. The molecule has 0 unspecified atom stereocenters. The van der Waals surface area contributed by atoms with Crippen molar-refractivity contribution in [3.63, 3.8) is 0 Å². The monoisotopic (exact) mass is 309 g/mol. The van der Waals surface area contributed by atoms with Gasteiger partial charge in [-0.3, -0.25) is 0 Å². The molecule has 0 aliphatic carbocycles. The van der Waals surface area contributed by atoms with Crippen LogP contribution in [-0.4, -0.2) is 46.9 Å². The van der Waals surface area contributed by atoms with Crippen LogP contribution in [0.5, 0.6) is 0 Å². The molecule has 0 bridgehead atoms. The minimum atomic E-state index is -3.37. The quantitative estimate of drug-likeness (QED) is 0.862. The van der Waals surface area contributed by atoms with Gasteiger partial charge in [-0.15, -0.1) is 10.2 Å². The average Bonchev–Trinajstić information content (AvgIpc) is 2.95. The molecule has 0 fully saturated rings. The molecule has 0 saturated heterocycles. The van der Waals surface area contributed by atoms with Gasteiger partial charge in [-0.2, -0.15) is 5.21 Å². The van der Waals surface area contributed by atoms with E-state index in [4.69, 9.17) is 0 Å². The minimum Gasteiger partial charge on any atom is -0.212 e. The molecule has 7 nitrogen and oxygen atoms in total. The highest BCUT2D eigenvalue weighted by Crippen LogP contribution is 2.17. The Kier molecular flexibility index (Phi) is 4.69. The fraction of sp³-hybridized carbons (Fsp3) is 0.462. The first-order valence-corrected chi connectivity index (χ1v) is 8.23. The molecule has 1 N–H and O–H groups in total. The Labute approximate surface area is 124 Å². The molecule has 0 amide bonds. The Morgan fingerprint density at radius 1 is 1.33 bits per heavy atom. The minimum absolute atomic E-state index is 0.00482. The molecule has 114 valence electrons. The van der Waals surface area contributed by atoms with E-state index >= 15 is 0 Å². The zero-order valence-corrected chi connectivity index (χ0v) is 13.1. The predicted octanol–water partition coefficient (Wildman–Crippen LogP) is 1.07. The summed E-state index contributed by atoms with van der Waals surface area (Å²) in [6.07, 6.45) is 0. The topological polar surface area (TPSA) is 91.8 Å². The largest absolute Gasteiger partial charge is 0.218 e. The van der Waals surface area contributed by atoms with Gasteiger partial charge in [-0.1, -0.05) is 36.4 Å². The van der Waals surface area contributed by atoms with Crippen LogP contribution in [0.2, 0.25) is 0 Å². The van der Waals surface area contributed by atoms with Crippen molar-refractivity contribution in [2.75, 3.05) is 13.6 Å². The van der Waals surface area contributed by atoms with Crippen LogP contribution in [0.15, 0.2) is 24.3 Å². The summed E-state index contributed by atoms with van der Waals surface area (Å²) >= 11 is 0. The first kappa shape index (κ1) is 15.6. The van der Waals surface area contributed by atoms with Gasteiger partial charge < -0.3 is 0 Å². The Bertz CT molecular complexity index is 684. The van der Waals surface area contributed by atoms with Gasteiger partial charge in [0, 0.05) is 19.5 Å². The van der Waals surface area contributed by atoms with Crippen molar-refractivity contribution in [3.8, 4) is 0 Å². The summed E-state index contributed by atoms with van der Waals surface area (Å²) in [6.45, 7) is 4.09. The summed E-state index contributed by atoms with van der Waals surface area (Å²) in [5.41, 5.74) is 1.79. The molecule has 0 spiro atoms. The smallest absolute Gasteiger partial charge is 0.212 e. The summed E-state index contributed by atoms with van der Waals surface area (Å²) in [4.78, 5) is 0. The summed E-state index contributed by atoms with van der Waals surface area (Å²) in [7, 11) is -1.80. The van der Waals surface area contributed by atoms with Crippen molar-refractivity contribution >= 4 is 10.0 Å². The highest BCUT2D eigenvalue weighted by molar-refractivity contribution is 7.88. The number of benzene rings is 1. The lowest BCUT2D eigenvalue weighted by molar-refractivity contribution is 0.439. The molecule has 0 aliphatic rings. The molecule has 21 heavy (non-hydrogen) atoms. The maximum Gasteiger partial charge on any atom is 0.218 e. The van der Waals surface area contributed by atoms with E-state index in [9.17, 15) is 8.42 Å². The number of rotatable bonds is 6. The molecule has 1 aromatic heterocycles. The number of nitrogens with zero attached hydrogens (tertiary/aromatic N) is 4. The van der Waals surface area contributed by atoms with Crippen LogP contribution in [-0.2, 0) is 15.8 Å². The normalized spacial score (nSPS) is 13.5. The molecular weight excluding hydrogens is 290 g/mol.